The van der Waals surface area contributed by atoms with E-state index < -0.39 is 0 Å². The molecule has 3 aromatic rings. The lowest BCUT2D eigenvalue weighted by atomic mass is 9.92. The SMILES string of the molecule is CCN(Cc1ccccc1)c1ccc(C=NOCC(=O)Nc2c(C(C)C)cccc2C(C)C)cc1. The molecule has 5 nitrogen and oxygen atoms in total. The lowest BCUT2D eigenvalue weighted by molar-refractivity contribution is -0.120. The number of carbonyl (C=O) groups excluding carboxylic acids is 1. The maximum atomic E-state index is 12.6. The van der Waals surface area contributed by atoms with Crippen molar-refractivity contribution in [3.05, 3.63) is 95.1 Å². The Balaban J connectivity index is 1.55. The van der Waals surface area contributed by atoms with E-state index in [0.29, 0.717) is 11.8 Å². The molecule has 184 valence electrons. The molecule has 5 heteroatoms. The van der Waals surface area contributed by atoms with E-state index in [1.165, 1.54) is 5.56 Å². The summed E-state index contributed by atoms with van der Waals surface area (Å²) in [7, 11) is 0. The molecule has 0 aromatic heterocycles. The minimum Gasteiger partial charge on any atom is -0.386 e. The zero-order valence-electron chi connectivity index (χ0n) is 21.5. The second-order valence-corrected chi connectivity index (χ2v) is 9.27. The molecular weight excluding hydrogens is 434 g/mol. The molecule has 1 N–H and O–H groups in total. The van der Waals surface area contributed by atoms with Gasteiger partial charge >= 0.3 is 0 Å². The average Bonchev–Trinajstić information content (AvgIpc) is 2.86. The number of para-hydroxylation sites is 1. The molecule has 0 bridgehead atoms. The van der Waals surface area contributed by atoms with E-state index in [9.17, 15) is 4.79 Å². The molecule has 0 unspecified atom stereocenters. The van der Waals surface area contributed by atoms with Gasteiger partial charge in [-0.25, -0.2) is 0 Å². The number of rotatable bonds is 11. The zero-order valence-corrected chi connectivity index (χ0v) is 21.5. The van der Waals surface area contributed by atoms with Gasteiger partial charge in [0, 0.05) is 24.5 Å². The summed E-state index contributed by atoms with van der Waals surface area (Å²) in [6.07, 6.45) is 1.63. The monoisotopic (exact) mass is 471 g/mol. The van der Waals surface area contributed by atoms with Gasteiger partial charge in [0.1, 0.15) is 0 Å². The maximum absolute atomic E-state index is 12.6. The van der Waals surface area contributed by atoms with Gasteiger partial charge in [-0.2, -0.15) is 0 Å². The minimum absolute atomic E-state index is 0.140. The number of hydrogen-bond acceptors (Lipinski definition) is 4. The van der Waals surface area contributed by atoms with Gasteiger partial charge in [-0.1, -0.05) is 93.5 Å². The Morgan fingerprint density at radius 3 is 2.11 bits per heavy atom. The van der Waals surface area contributed by atoms with Crippen LogP contribution < -0.4 is 10.2 Å². The second kappa shape index (κ2) is 12.7. The van der Waals surface area contributed by atoms with Crippen LogP contribution in [-0.4, -0.2) is 25.3 Å². The molecule has 0 heterocycles. The third-order valence-corrected chi connectivity index (χ3v) is 5.97. The van der Waals surface area contributed by atoms with Crippen LogP contribution in [0, 0.1) is 0 Å². The van der Waals surface area contributed by atoms with E-state index in [1.807, 2.05) is 24.3 Å². The Kier molecular flexibility index (Phi) is 9.47. The fraction of sp³-hybridized carbons (Fsp3) is 0.333. The Morgan fingerprint density at radius 1 is 0.914 bits per heavy atom. The fourth-order valence-corrected chi connectivity index (χ4v) is 4.03. The highest BCUT2D eigenvalue weighted by Gasteiger charge is 2.16. The highest BCUT2D eigenvalue weighted by Crippen LogP contribution is 2.32. The highest BCUT2D eigenvalue weighted by molar-refractivity contribution is 5.93. The van der Waals surface area contributed by atoms with Gasteiger partial charge in [-0.3, -0.25) is 4.79 Å². The zero-order chi connectivity index (χ0) is 25.2. The summed E-state index contributed by atoms with van der Waals surface area (Å²) in [6, 6.07) is 24.8. The number of carbonyl (C=O) groups is 1. The summed E-state index contributed by atoms with van der Waals surface area (Å²) < 4.78 is 0. The first-order chi connectivity index (χ1) is 16.9. The molecule has 0 saturated heterocycles. The van der Waals surface area contributed by atoms with Crippen LogP contribution in [0.25, 0.3) is 0 Å². The van der Waals surface area contributed by atoms with Crippen molar-refractivity contribution in [1.82, 2.24) is 0 Å². The summed E-state index contributed by atoms with van der Waals surface area (Å²) in [6.45, 7) is 12.3. The van der Waals surface area contributed by atoms with Crippen molar-refractivity contribution < 1.29 is 9.63 Å². The van der Waals surface area contributed by atoms with Gasteiger partial charge in [0.2, 0.25) is 0 Å². The van der Waals surface area contributed by atoms with Crippen LogP contribution in [0.15, 0.2) is 78.0 Å². The van der Waals surface area contributed by atoms with Gasteiger partial charge in [-0.15, -0.1) is 0 Å². The van der Waals surface area contributed by atoms with E-state index in [-0.39, 0.29) is 12.5 Å². The van der Waals surface area contributed by atoms with E-state index in [1.54, 1.807) is 6.21 Å². The van der Waals surface area contributed by atoms with Gasteiger partial charge in [0.15, 0.2) is 6.61 Å². The molecular formula is C30H37N3O2. The fourth-order valence-electron chi connectivity index (χ4n) is 4.03. The molecule has 0 radical (unpaired) electrons. The van der Waals surface area contributed by atoms with Crippen molar-refractivity contribution in [2.75, 3.05) is 23.4 Å². The molecule has 35 heavy (non-hydrogen) atoms. The van der Waals surface area contributed by atoms with Crippen molar-refractivity contribution in [2.45, 2.75) is 53.0 Å². The minimum atomic E-state index is -0.216. The highest BCUT2D eigenvalue weighted by atomic mass is 16.6. The smallest absolute Gasteiger partial charge is 0.265 e. The van der Waals surface area contributed by atoms with E-state index >= 15 is 0 Å². The van der Waals surface area contributed by atoms with Crippen LogP contribution >= 0.6 is 0 Å². The van der Waals surface area contributed by atoms with Crippen LogP contribution in [-0.2, 0) is 16.2 Å². The van der Waals surface area contributed by atoms with Crippen molar-refractivity contribution in [3.63, 3.8) is 0 Å². The van der Waals surface area contributed by atoms with E-state index in [4.69, 9.17) is 4.84 Å². The summed E-state index contributed by atoms with van der Waals surface area (Å²) in [5.41, 5.74) is 6.49. The van der Waals surface area contributed by atoms with Gasteiger partial charge in [0.25, 0.3) is 5.91 Å². The molecule has 1 amide bonds. The molecule has 0 atom stereocenters. The number of amides is 1. The normalized spacial score (nSPS) is 11.3. The molecule has 0 spiro atoms. The van der Waals surface area contributed by atoms with Gasteiger partial charge < -0.3 is 15.1 Å². The topological polar surface area (TPSA) is 53.9 Å². The number of anilines is 2. The Labute approximate surface area is 209 Å². The lowest BCUT2D eigenvalue weighted by Gasteiger charge is -2.23. The van der Waals surface area contributed by atoms with Crippen molar-refractivity contribution in [2.24, 2.45) is 5.16 Å². The van der Waals surface area contributed by atoms with Gasteiger partial charge in [0.05, 0.1) is 6.21 Å². The number of nitrogens with zero attached hydrogens (tertiary/aromatic N) is 2. The van der Waals surface area contributed by atoms with Crippen molar-refractivity contribution in [1.29, 1.82) is 0 Å². The predicted molar refractivity (Wildman–Crippen MR) is 146 cm³/mol. The van der Waals surface area contributed by atoms with E-state index in [2.05, 4.69) is 98.5 Å². The number of oxime groups is 1. The first-order valence-corrected chi connectivity index (χ1v) is 12.4. The largest absolute Gasteiger partial charge is 0.386 e. The second-order valence-electron chi connectivity index (χ2n) is 9.27. The third-order valence-electron chi connectivity index (χ3n) is 5.97. The Morgan fingerprint density at radius 2 is 1.54 bits per heavy atom. The number of benzene rings is 3. The Bertz CT molecular complexity index is 1080. The maximum Gasteiger partial charge on any atom is 0.265 e. The van der Waals surface area contributed by atoms with Crippen molar-refractivity contribution in [3.8, 4) is 0 Å². The summed E-state index contributed by atoms with van der Waals surface area (Å²) in [4.78, 5) is 20.2. The van der Waals surface area contributed by atoms with Crippen LogP contribution in [0.1, 0.15) is 68.7 Å². The quantitative estimate of drug-likeness (QED) is 0.243. The average molecular weight is 472 g/mol. The molecule has 3 rings (SSSR count). The summed E-state index contributed by atoms with van der Waals surface area (Å²) in [5, 5.41) is 7.04. The first-order valence-electron chi connectivity index (χ1n) is 12.4. The van der Waals surface area contributed by atoms with Crippen LogP contribution in [0.2, 0.25) is 0 Å². The molecule has 0 fully saturated rings. The van der Waals surface area contributed by atoms with E-state index in [0.717, 1.165) is 41.2 Å². The number of hydrogen-bond donors (Lipinski definition) is 1. The van der Waals surface area contributed by atoms with Gasteiger partial charge in [-0.05, 0) is 53.1 Å². The lowest BCUT2D eigenvalue weighted by Crippen LogP contribution is -2.21. The molecule has 0 aliphatic rings. The molecule has 0 aliphatic carbocycles. The van der Waals surface area contributed by atoms with Crippen LogP contribution in [0.4, 0.5) is 11.4 Å². The Hall–Kier alpha value is -3.60. The number of nitrogens with one attached hydrogen (secondary N) is 1. The van der Waals surface area contributed by atoms with Crippen molar-refractivity contribution >= 4 is 23.5 Å². The van der Waals surface area contributed by atoms with Crippen LogP contribution in [0.3, 0.4) is 0 Å². The molecule has 0 saturated carbocycles. The molecule has 3 aromatic carbocycles. The summed E-state index contributed by atoms with van der Waals surface area (Å²) >= 11 is 0. The predicted octanol–water partition coefficient (Wildman–Crippen LogP) is 6.95. The summed E-state index contributed by atoms with van der Waals surface area (Å²) in [5.74, 6) is 0.400. The first kappa shape index (κ1) is 26.0. The standard InChI is InChI=1S/C30H37N3O2/c1-6-33(20-25-11-8-7-9-12-25)26-17-15-24(16-18-26)19-31-35-21-29(34)32-30-27(22(2)3)13-10-14-28(30)23(4)5/h7-19,22-23H,6,20-21H2,1-5H3,(H,32,34). The third kappa shape index (κ3) is 7.44. The molecule has 0 aliphatic heterocycles. The van der Waals surface area contributed by atoms with Crippen LogP contribution in [0.5, 0.6) is 0 Å².